The minimum Gasteiger partial charge on any atom is -0.508 e. The minimum absolute atomic E-state index is 0.113. The van der Waals surface area contributed by atoms with Crippen molar-refractivity contribution in [2.24, 2.45) is 0 Å². The smallest absolute Gasteiger partial charge is 0.343 e. The molecule has 2 fully saturated rings. The highest BCUT2D eigenvalue weighted by Gasteiger charge is 2.53. The lowest BCUT2D eigenvalue weighted by molar-refractivity contribution is -0.245. The zero-order chi connectivity index (χ0) is 29.2. The number of hydrogen-bond donors (Lipinski definition) is 2. The molecule has 2 aliphatic heterocycles. The molecule has 4 aromatic carbocycles. The fraction of sp³-hybridized carbons (Fsp3) is 0.242. The number of fused-ring (bicyclic) bond motifs is 2. The van der Waals surface area contributed by atoms with Gasteiger partial charge in [0.1, 0.15) is 11.8 Å². The first-order chi connectivity index (χ1) is 20.4. The number of piperazine rings is 1. The fourth-order valence-electron chi connectivity index (χ4n) is 5.90. The van der Waals surface area contributed by atoms with E-state index in [1.807, 2.05) is 79.7 Å². The maximum absolute atomic E-state index is 14.3. The van der Waals surface area contributed by atoms with Crippen molar-refractivity contribution in [3.63, 3.8) is 0 Å². The summed E-state index contributed by atoms with van der Waals surface area (Å²) in [7, 11) is 0. The standard InChI is InChI=1S/C33H32N4O5/c1-22-31-36(30(39)21-42-37(31)33(41)34-19-24-8-3-2-4-9-24)29(18-23-14-16-27(38)17-15-23)32(40)35(22)20-26-12-7-11-25-10-5-6-13-28(25)26/h2-17,22,29,31,38H,18-21H2,1H3,(H,34,41). The summed E-state index contributed by atoms with van der Waals surface area (Å²) in [4.78, 5) is 50.2. The molecule has 0 aliphatic carbocycles. The van der Waals surface area contributed by atoms with Crippen molar-refractivity contribution < 1.29 is 24.3 Å². The quantitative estimate of drug-likeness (QED) is 0.366. The predicted molar refractivity (Wildman–Crippen MR) is 157 cm³/mol. The number of amides is 4. The Labute approximate surface area is 243 Å². The molecule has 42 heavy (non-hydrogen) atoms. The maximum Gasteiger partial charge on any atom is 0.343 e. The van der Waals surface area contributed by atoms with Crippen LogP contribution < -0.4 is 5.32 Å². The number of benzene rings is 4. The van der Waals surface area contributed by atoms with E-state index in [4.69, 9.17) is 4.84 Å². The van der Waals surface area contributed by atoms with Crippen LogP contribution in [0.3, 0.4) is 0 Å². The zero-order valence-electron chi connectivity index (χ0n) is 23.2. The third kappa shape index (κ3) is 5.26. The molecule has 0 radical (unpaired) electrons. The second-order valence-electron chi connectivity index (χ2n) is 10.7. The fourth-order valence-corrected chi connectivity index (χ4v) is 5.90. The molecule has 2 N–H and O–H groups in total. The second kappa shape index (κ2) is 11.5. The van der Waals surface area contributed by atoms with Crippen LogP contribution in [-0.2, 0) is 33.9 Å². The summed E-state index contributed by atoms with van der Waals surface area (Å²) < 4.78 is 0. The van der Waals surface area contributed by atoms with Crippen LogP contribution in [0, 0.1) is 0 Å². The molecule has 4 amide bonds. The molecule has 214 valence electrons. The number of phenols is 1. The highest BCUT2D eigenvalue weighted by Crippen LogP contribution is 2.33. The normalized spacial score (nSPS) is 20.5. The first-order valence-electron chi connectivity index (χ1n) is 14.0. The summed E-state index contributed by atoms with van der Waals surface area (Å²) in [6.07, 6.45) is -0.628. The topological polar surface area (TPSA) is 102 Å². The first-order valence-corrected chi connectivity index (χ1v) is 14.0. The molecule has 4 aromatic rings. The lowest BCUT2D eigenvalue weighted by atomic mass is 9.94. The Morgan fingerprint density at radius 3 is 2.40 bits per heavy atom. The Morgan fingerprint density at radius 2 is 1.62 bits per heavy atom. The van der Waals surface area contributed by atoms with E-state index in [0.29, 0.717) is 6.54 Å². The van der Waals surface area contributed by atoms with Crippen LogP contribution in [0.4, 0.5) is 4.79 Å². The molecular formula is C33H32N4O5. The second-order valence-corrected chi connectivity index (χ2v) is 10.7. The molecule has 2 saturated heterocycles. The number of phenolic OH excluding ortho intramolecular Hbond substituents is 1. The van der Waals surface area contributed by atoms with E-state index in [1.54, 1.807) is 29.2 Å². The molecule has 3 unspecified atom stereocenters. The Bertz CT molecular complexity index is 1600. The SMILES string of the molecule is CC1C2N(C(=O)NCc3ccccc3)OCC(=O)N2C(Cc2ccc(O)cc2)C(=O)N1Cc1cccc2ccccc12. The van der Waals surface area contributed by atoms with Crippen LogP contribution in [0.2, 0.25) is 0 Å². The average molecular weight is 565 g/mol. The van der Waals surface area contributed by atoms with Crippen LogP contribution in [-0.4, -0.2) is 62.7 Å². The van der Waals surface area contributed by atoms with Crippen LogP contribution >= 0.6 is 0 Å². The summed E-state index contributed by atoms with van der Waals surface area (Å²) in [5.74, 6) is -0.456. The Morgan fingerprint density at radius 1 is 0.905 bits per heavy atom. The van der Waals surface area contributed by atoms with Crippen molar-refractivity contribution in [3.05, 3.63) is 114 Å². The summed E-state index contributed by atoms with van der Waals surface area (Å²) in [6.45, 7) is 2.07. The monoisotopic (exact) mass is 564 g/mol. The maximum atomic E-state index is 14.3. The third-order valence-electron chi connectivity index (χ3n) is 8.04. The van der Waals surface area contributed by atoms with Crippen molar-refractivity contribution in [2.75, 3.05) is 6.61 Å². The van der Waals surface area contributed by atoms with Gasteiger partial charge in [0.15, 0.2) is 12.8 Å². The molecule has 6 rings (SSSR count). The van der Waals surface area contributed by atoms with Gasteiger partial charge in [-0.1, -0.05) is 84.9 Å². The van der Waals surface area contributed by atoms with Gasteiger partial charge in [0, 0.05) is 19.5 Å². The number of rotatable bonds is 6. The van der Waals surface area contributed by atoms with Crippen LogP contribution in [0.5, 0.6) is 5.75 Å². The lowest BCUT2D eigenvalue weighted by Gasteiger charge is -2.54. The molecule has 0 spiro atoms. The molecule has 0 bridgehead atoms. The minimum atomic E-state index is -0.869. The van der Waals surface area contributed by atoms with Crippen LogP contribution in [0.15, 0.2) is 97.1 Å². The number of urea groups is 1. The molecule has 0 aromatic heterocycles. The molecule has 2 heterocycles. The highest BCUT2D eigenvalue weighted by atomic mass is 16.7. The molecule has 3 atom stereocenters. The Hall–Kier alpha value is -4.89. The number of nitrogens with zero attached hydrogens (tertiary/aromatic N) is 3. The van der Waals surface area contributed by atoms with Crippen molar-refractivity contribution in [1.29, 1.82) is 0 Å². The van der Waals surface area contributed by atoms with Gasteiger partial charge in [0.25, 0.3) is 5.91 Å². The van der Waals surface area contributed by atoms with Crippen LogP contribution in [0.1, 0.15) is 23.6 Å². The zero-order valence-corrected chi connectivity index (χ0v) is 23.2. The molecular weight excluding hydrogens is 532 g/mol. The van der Waals surface area contributed by atoms with Gasteiger partial charge in [-0.15, -0.1) is 0 Å². The third-order valence-corrected chi connectivity index (χ3v) is 8.04. The number of aromatic hydroxyl groups is 1. The van der Waals surface area contributed by atoms with Gasteiger partial charge in [-0.25, -0.2) is 4.79 Å². The Kier molecular flexibility index (Phi) is 7.50. The summed E-state index contributed by atoms with van der Waals surface area (Å²) in [5.41, 5.74) is 2.67. The number of nitrogens with one attached hydrogen (secondary N) is 1. The number of hydrogen-bond acceptors (Lipinski definition) is 5. The Balaban J connectivity index is 1.35. The van der Waals surface area contributed by atoms with E-state index in [2.05, 4.69) is 5.32 Å². The van der Waals surface area contributed by atoms with Gasteiger partial charge < -0.3 is 20.2 Å². The van der Waals surface area contributed by atoms with E-state index in [-0.39, 0.29) is 37.1 Å². The molecule has 9 heteroatoms. The number of carbonyl (C=O) groups is 3. The summed E-state index contributed by atoms with van der Waals surface area (Å²) in [5, 5.41) is 16.0. The largest absolute Gasteiger partial charge is 0.508 e. The molecule has 9 nitrogen and oxygen atoms in total. The number of carbonyl (C=O) groups excluding carboxylic acids is 3. The van der Waals surface area contributed by atoms with Crippen LogP contribution in [0.25, 0.3) is 10.8 Å². The average Bonchev–Trinajstić information content (AvgIpc) is 3.01. The van der Waals surface area contributed by atoms with Crippen molar-refractivity contribution >= 4 is 28.6 Å². The lowest BCUT2D eigenvalue weighted by Crippen LogP contribution is -2.75. The van der Waals surface area contributed by atoms with Crippen molar-refractivity contribution in [1.82, 2.24) is 20.2 Å². The highest BCUT2D eigenvalue weighted by molar-refractivity contribution is 5.92. The first kappa shape index (κ1) is 27.3. The van der Waals surface area contributed by atoms with Gasteiger partial charge in [0.05, 0.1) is 6.04 Å². The molecule has 2 aliphatic rings. The summed E-state index contributed by atoms with van der Waals surface area (Å²) >= 11 is 0. The predicted octanol–water partition coefficient (Wildman–Crippen LogP) is 4.20. The van der Waals surface area contributed by atoms with Gasteiger partial charge in [-0.2, -0.15) is 5.06 Å². The van der Waals surface area contributed by atoms with Gasteiger partial charge in [-0.05, 0) is 46.5 Å². The van der Waals surface area contributed by atoms with E-state index in [9.17, 15) is 19.5 Å². The molecule has 0 saturated carbocycles. The van der Waals surface area contributed by atoms with E-state index in [0.717, 1.165) is 27.5 Å². The van der Waals surface area contributed by atoms with E-state index in [1.165, 1.54) is 9.96 Å². The van der Waals surface area contributed by atoms with E-state index < -0.39 is 24.3 Å². The van der Waals surface area contributed by atoms with Crippen molar-refractivity contribution in [3.8, 4) is 5.75 Å². The van der Waals surface area contributed by atoms with Gasteiger partial charge in [0.2, 0.25) is 5.91 Å². The number of hydroxylamine groups is 2. The van der Waals surface area contributed by atoms with E-state index >= 15 is 0 Å². The van der Waals surface area contributed by atoms with Gasteiger partial charge in [-0.3, -0.25) is 14.4 Å². The summed E-state index contributed by atoms with van der Waals surface area (Å²) in [6, 6.07) is 28.2. The van der Waals surface area contributed by atoms with Crippen molar-refractivity contribution in [2.45, 2.75) is 44.7 Å². The van der Waals surface area contributed by atoms with Gasteiger partial charge >= 0.3 is 6.03 Å².